The summed E-state index contributed by atoms with van der Waals surface area (Å²) in [5.74, 6) is 0. The van der Waals surface area contributed by atoms with Crippen molar-refractivity contribution in [3.63, 3.8) is 0 Å². The molecule has 0 nitrogen and oxygen atoms in total. The van der Waals surface area contributed by atoms with Crippen LogP contribution in [-0.4, -0.2) is 15.8 Å². The lowest BCUT2D eigenvalue weighted by molar-refractivity contribution is 0.269. The SMILES string of the molecule is FC1CC(Br)CCC1Br. The van der Waals surface area contributed by atoms with E-state index in [1.807, 2.05) is 0 Å². The molecule has 0 aromatic heterocycles. The van der Waals surface area contributed by atoms with E-state index in [-0.39, 0.29) is 4.83 Å². The van der Waals surface area contributed by atoms with Crippen molar-refractivity contribution in [2.24, 2.45) is 0 Å². The van der Waals surface area contributed by atoms with Gasteiger partial charge in [0.1, 0.15) is 6.17 Å². The third-order valence-corrected chi connectivity index (χ3v) is 3.49. The molecule has 0 amide bonds. The fourth-order valence-electron chi connectivity index (χ4n) is 1.03. The molecule has 0 bridgehead atoms. The summed E-state index contributed by atoms with van der Waals surface area (Å²) in [5, 5.41) is 0. The molecular formula is C6H9Br2F. The first kappa shape index (κ1) is 7.99. The molecule has 0 aromatic carbocycles. The molecule has 54 valence electrons. The van der Waals surface area contributed by atoms with E-state index in [2.05, 4.69) is 31.9 Å². The Balaban J connectivity index is 2.35. The molecule has 3 unspecified atom stereocenters. The molecule has 0 aliphatic heterocycles. The summed E-state index contributed by atoms with van der Waals surface area (Å²) in [6, 6.07) is 0. The first-order valence-corrected chi connectivity index (χ1v) is 4.95. The zero-order valence-corrected chi connectivity index (χ0v) is 8.16. The molecule has 3 heteroatoms. The van der Waals surface area contributed by atoms with Gasteiger partial charge in [0.05, 0.1) is 0 Å². The van der Waals surface area contributed by atoms with Gasteiger partial charge in [0.2, 0.25) is 0 Å². The number of halogens is 3. The highest BCUT2D eigenvalue weighted by molar-refractivity contribution is 9.10. The molecule has 1 aliphatic carbocycles. The maximum absolute atomic E-state index is 12.8. The van der Waals surface area contributed by atoms with Crippen molar-refractivity contribution in [1.29, 1.82) is 0 Å². The Morgan fingerprint density at radius 3 is 2.33 bits per heavy atom. The molecule has 0 saturated heterocycles. The molecular weight excluding hydrogens is 251 g/mol. The van der Waals surface area contributed by atoms with E-state index in [0.717, 1.165) is 12.8 Å². The van der Waals surface area contributed by atoms with Crippen LogP contribution in [-0.2, 0) is 0 Å². The van der Waals surface area contributed by atoms with E-state index in [0.29, 0.717) is 11.2 Å². The van der Waals surface area contributed by atoms with Crippen LogP contribution in [0.4, 0.5) is 4.39 Å². The lowest BCUT2D eigenvalue weighted by Gasteiger charge is -2.24. The van der Waals surface area contributed by atoms with E-state index in [9.17, 15) is 4.39 Å². The van der Waals surface area contributed by atoms with Crippen molar-refractivity contribution in [3.05, 3.63) is 0 Å². The molecule has 9 heavy (non-hydrogen) atoms. The largest absolute Gasteiger partial charge is 0.246 e. The average Bonchev–Trinajstić information content (AvgIpc) is 1.80. The minimum atomic E-state index is -0.650. The molecule has 1 rings (SSSR count). The lowest BCUT2D eigenvalue weighted by Crippen LogP contribution is -2.26. The smallest absolute Gasteiger partial charge is 0.114 e. The predicted molar refractivity (Wildman–Crippen MR) is 44.2 cm³/mol. The molecule has 1 fully saturated rings. The van der Waals surface area contributed by atoms with Crippen molar-refractivity contribution in [2.45, 2.75) is 35.1 Å². The van der Waals surface area contributed by atoms with Crippen molar-refractivity contribution >= 4 is 31.9 Å². The minimum Gasteiger partial charge on any atom is -0.246 e. The maximum atomic E-state index is 12.8. The third-order valence-electron chi connectivity index (χ3n) is 1.63. The van der Waals surface area contributed by atoms with Gasteiger partial charge < -0.3 is 0 Å². The number of hydrogen-bond acceptors (Lipinski definition) is 0. The van der Waals surface area contributed by atoms with Gasteiger partial charge in [-0.1, -0.05) is 31.9 Å². The predicted octanol–water partition coefficient (Wildman–Crippen LogP) is 3.04. The average molecular weight is 260 g/mol. The molecule has 0 heterocycles. The van der Waals surface area contributed by atoms with Gasteiger partial charge in [0.15, 0.2) is 0 Å². The number of rotatable bonds is 0. The highest BCUT2D eigenvalue weighted by Crippen LogP contribution is 2.30. The van der Waals surface area contributed by atoms with Crippen LogP contribution in [0.5, 0.6) is 0 Å². The van der Waals surface area contributed by atoms with Gasteiger partial charge in [-0.25, -0.2) is 4.39 Å². The van der Waals surface area contributed by atoms with Gasteiger partial charge >= 0.3 is 0 Å². The van der Waals surface area contributed by atoms with Crippen molar-refractivity contribution in [1.82, 2.24) is 0 Å². The quantitative estimate of drug-likeness (QED) is 0.587. The van der Waals surface area contributed by atoms with E-state index in [1.165, 1.54) is 0 Å². The highest BCUT2D eigenvalue weighted by atomic mass is 79.9. The summed E-state index contributed by atoms with van der Waals surface area (Å²) >= 11 is 6.68. The Morgan fingerprint density at radius 2 is 1.89 bits per heavy atom. The first-order valence-electron chi connectivity index (χ1n) is 3.12. The van der Waals surface area contributed by atoms with Crippen LogP contribution in [0.2, 0.25) is 0 Å². The van der Waals surface area contributed by atoms with Gasteiger partial charge in [-0.2, -0.15) is 0 Å². The van der Waals surface area contributed by atoms with Gasteiger partial charge in [-0.05, 0) is 19.3 Å². The maximum Gasteiger partial charge on any atom is 0.114 e. The minimum absolute atomic E-state index is 0.103. The Kier molecular flexibility index (Phi) is 2.96. The fourth-order valence-corrected chi connectivity index (χ4v) is 2.13. The summed E-state index contributed by atoms with van der Waals surface area (Å²) < 4.78 is 12.8. The molecule has 0 radical (unpaired) electrons. The van der Waals surface area contributed by atoms with Crippen LogP contribution in [0.25, 0.3) is 0 Å². The molecule has 1 aliphatic rings. The van der Waals surface area contributed by atoms with Crippen LogP contribution in [0.1, 0.15) is 19.3 Å². The Labute approximate surface area is 71.5 Å². The first-order chi connectivity index (χ1) is 4.20. The van der Waals surface area contributed by atoms with Crippen LogP contribution in [0.15, 0.2) is 0 Å². The second-order valence-electron chi connectivity index (χ2n) is 2.44. The zero-order valence-electron chi connectivity index (χ0n) is 4.99. The van der Waals surface area contributed by atoms with Crippen molar-refractivity contribution in [3.8, 4) is 0 Å². The molecule has 0 spiro atoms. The van der Waals surface area contributed by atoms with Gasteiger partial charge in [-0.15, -0.1) is 0 Å². The third kappa shape index (κ3) is 2.19. The van der Waals surface area contributed by atoms with Crippen molar-refractivity contribution in [2.75, 3.05) is 0 Å². The highest BCUT2D eigenvalue weighted by Gasteiger charge is 2.26. The number of alkyl halides is 3. The lowest BCUT2D eigenvalue weighted by atomic mass is 9.99. The van der Waals surface area contributed by atoms with Gasteiger partial charge in [0, 0.05) is 9.65 Å². The standard InChI is InChI=1S/C6H9Br2F/c7-4-1-2-5(8)6(9)3-4/h4-6H,1-3H2. The van der Waals surface area contributed by atoms with Crippen LogP contribution in [0, 0.1) is 0 Å². The fraction of sp³-hybridized carbons (Fsp3) is 1.00. The molecule has 0 N–H and O–H groups in total. The molecule has 3 atom stereocenters. The topological polar surface area (TPSA) is 0 Å². The summed E-state index contributed by atoms with van der Waals surface area (Å²) in [4.78, 5) is 0.507. The second kappa shape index (κ2) is 3.33. The van der Waals surface area contributed by atoms with E-state index < -0.39 is 6.17 Å². The Morgan fingerprint density at radius 1 is 1.22 bits per heavy atom. The normalized spacial score (nSPS) is 45.0. The second-order valence-corrected chi connectivity index (χ2v) is 4.91. The molecule has 1 saturated carbocycles. The van der Waals surface area contributed by atoms with E-state index in [4.69, 9.17) is 0 Å². The summed E-state index contributed by atoms with van der Waals surface area (Å²) in [6.07, 6.45) is 2.06. The number of hydrogen-bond donors (Lipinski definition) is 0. The van der Waals surface area contributed by atoms with Gasteiger partial charge in [-0.3, -0.25) is 0 Å². The Bertz CT molecular complexity index is 97.1. The van der Waals surface area contributed by atoms with Crippen LogP contribution in [0.3, 0.4) is 0 Å². The van der Waals surface area contributed by atoms with Crippen LogP contribution >= 0.6 is 31.9 Å². The van der Waals surface area contributed by atoms with Crippen molar-refractivity contribution < 1.29 is 4.39 Å². The zero-order chi connectivity index (χ0) is 6.85. The van der Waals surface area contributed by atoms with E-state index >= 15 is 0 Å². The summed E-state index contributed by atoms with van der Waals surface area (Å²) in [6.45, 7) is 0. The van der Waals surface area contributed by atoms with Crippen LogP contribution < -0.4 is 0 Å². The summed E-state index contributed by atoms with van der Waals surface area (Å²) in [5.41, 5.74) is 0. The van der Waals surface area contributed by atoms with Gasteiger partial charge in [0.25, 0.3) is 0 Å². The monoisotopic (exact) mass is 258 g/mol. The summed E-state index contributed by atoms with van der Waals surface area (Å²) in [7, 11) is 0. The molecule has 0 aromatic rings. The van der Waals surface area contributed by atoms with E-state index in [1.54, 1.807) is 0 Å². The Hall–Kier alpha value is 0.890.